The second-order valence-electron chi connectivity index (χ2n) is 7.76. The quantitative estimate of drug-likeness (QED) is 0.552. The van der Waals surface area contributed by atoms with Crippen molar-refractivity contribution in [2.24, 2.45) is 0 Å². The van der Waals surface area contributed by atoms with Crippen LogP contribution in [0.1, 0.15) is 31.1 Å². The molecule has 1 atom stereocenters. The highest BCUT2D eigenvalue weighted by Crippen LogP contribution is 2.39. The van der Waals surface area contributed by atoms with Crippen molar-refractivity contribution in [3.63, 3.8) is 0 Å². The maximum atomic E-state index is 12.9. The molecule has 0 radical (unpaired) electrons. The van der Waals surface area contributed by atoms with Crippen LogP contribution in [0.15, 0.2) is 45.7 Å². The third kappa shape index (κ3) is 4.27. The number of anilines is 1. The summed E-state index contributed by atoms with van der Waals surface area (Å²) in [5.74, 6) is 0.696. The first-order chi connectivity index (χ1) is 15.0. The number of carbonyl (C=O) groups is 2. The second-order valence-corrected chi connectivity index (χ2v) is 9.88. The number of benzene rings is 2. The molecule has 6 nitrogen and oxygen atoms in total. The minimum Gasteiger partial charge on any atom is -0.440 e. The Morgan fingerprint density at radius 2 is 1.90 bits per heavy atom. The number of likely N-dealkylation sites (tertiary alicyclic amines) is 1. The van der Waals surface area contributed by atoms with Crippen LogP contribution in [0.25, 0.3) is 11.1 Å². The van der Waals surface area contributed by atoms with E-state index in [-0.39, 0.29) is 24.2 Å². The zero-order valence-corrected chi connectivity index (χ0v) is 18.8. The minimum absolute atomic E-state index is 0.00661. The molecule has 3 heterocycles. The zero-order chi connectivity index (χ0) is 21.5. The van der Waals surface area contributed by atoms with Gasteiger partial charge in [-0.05, 0) is 49.2 Å². The van der Waals surface area contributed by atoms with Gasteiger partial charge in [0.25, 0.3) is 0 Å². The van der Waals surface area contributed by atoms with Crippen molar-refractivity contribution in [1.82, 2.24) is 9.88 Å². The van der Waals surface area contributed by atoms with Gasteiger partial charge in [0.1, 0.15) is 5.52 Å². The lowest BCUT2D eigenvalue weighted by Crippen LogP contribution is -2.41. The van der Waals surface area contributed by atoms with Crippen molar-refractivity contribution in [3.05, 3.63) is 52.3 Å². The normalized spacial score (nSPS) is 19.4. The smallest absolute Gasteiger partial charge is 0.238 e. The fourth-order valence-electron chi connectivity index (χ4n) is 4.01. The lowest BCUT2D eigenvalue weighted by molar-refractivity contribution is -0.133. The second kappa shape index (κ2) is 8.37. The van der Waals surface area contributed by atoms with Crippen LogP contribution >= 0.6 is 35.0 Å². The Morgan fingerprint density at radius 3 is 2.71 bits per heavy atom. The first-order valence-electron chi connectivity index (χ1n) is 10.1. The zero-order valence-electron chi connectivity index (χ0n) is 16.4. The van der Waals surface area contributed by atoms with Gasteiger partial charge in [0, 0.05) is 40.4 Å². The number of hydrogen-bond donors (Lipinski definition) is 1. The van der Waals surface area contributed by atoms with Crippen molar-refractivity contribution in [2.75, 3.05) is 18.4 Å². The lowest BCUT2D eigenvalue weighted by atomic mass is 9.96. The summed E-state index contributed by atoms with van der Waals surface area (Å²) in [7, 11) is 0. The first kappa shape index (κ1) is 20.7. The Kier molecular flexibility index (Phi) is 5.58. The van der Waals surface area contributed by atoms with E-state index in [1.54, 1.807) is 24.3 Å². The number of halogens is 2. The molecule has 1 aromatic heterocycles. The Balaban J connectivity index is 1.20. The maximum Gasteiger partial charge on any atom is 0.238 e. The first-order valence-corrected chi connectivity index (χ1v) is 11.7. The minimum atomic E-state index is -0.444. The van der Waals surface area contributed by atoms with Gasteiger partial charge in [0.2, 0.25) is 11.8 Å². The molecule has 160 valence electrons. The van der Waals surface area contributed by atoms with E-state index in [1.807, 2.05) is 17.0 Å². The number of hydrogen-bond acceptors (Lipinski definition) is 5. The molecule has 2 amide bonds. The third-order valence-corrected chi connectivity index (χ3v) is 7.43. The molecule has 9 heteroatoms. The van der Waals surface area contributed by atoms with Crippen LogP contribution in [-0.2, 0) is 9.59 Å². The highest BCUT2D eigenvalue weighted by Gasteiger charge is 2.33. The molecule has 1 unspecified atom stereocenters. The predicted octanol–water partition coefficient (Wildman–Crippen LogP) is 5.34. The molecule has 2 aliphatic rings. The molecule has 1 N–H and O–H groups in total. The van der Waals surface area contributed by atoms with Crippen LogP contribution in [-0.4, -0.2) is 40.0 Å². The summed E-state index contributed by atoms with van der Waals surface area (Å²) in [6.07, 6.45) is 1.72. The number of nitrogens with zero attached hydrogens (tertiary/aromatic N) is 2. The topological polar surface area (TPSA) is 75.4 Å². The van der Waals surface area contributed by atoms with Gasteiger partial charge in [0.05, 0.1) is 10.9 Å². The van der Waals surface area contributed by atoms with Crippen molar-refractivity contribution >= 4 is 63.6 Å². The van der Waals surface area contributed by atoms with E-state index in [0.717, 1.165) is 28.8 Å². The van der Waals surface area contributed by atoms with E-state index in [0.29, 0.717) is 34.7 Å². The van der Waals surface area contributed by atoms with Gasteiger partial charge >= 0.3 is 0 Å². The number of rotatable bonds is 3. The summed E-state index contributed by atoms with van der Waals surface area (Å²) in [6, 6.07) is 10.8. The van der Waals surface area contributed by atoms with E-state index in [9.17, 15) is 9.59 Å². The number of piperidine rings is 1. The van der Waals surface area contributed by atoms with Crippen molar-refractivity contribution in [2.45, 2.75) is 35.3 Å². The average Bonchev–Trinajstić information content (AvgIpc) is 3.17. The molecule has 0 bridgehead atoms. The molecule has 3 aromatic rings. The molecular weight excluding hydrogens is 457 g/mol. The van der Waals surface area contributed by atoms with Crippen LogP contribution < -0.4 is 5.32 Å². The largest absolute Gasteiger partial charge is 0.440 e. The van der Waals surface area contributed by atoms with Gasteiger partial charge in [-0.1, -0.05) is 23.2 Å². The van der Waals surface area contributed by atoms with E-state index < -0.39 is 5.25 Å². The SMILES string of the molecule is O=C1Nc2cc(Cl)ccc2SC1CC(=O)N1CCC(c2nc3cc(Cl)ccc3o2)CC1. The van der Waals surface area contributed by atoms with Gasteiger partial charge in [-0.2, -0.15) is 0 Å². The van der Waals surface area contributed by atoms with Crippen LogP contribution in [0.5, 0.6) is 0 Å². The van der Waals surface area contributed by atoms with Gasteiger partial charge in [-0.3, -0.25) is 9.59 Å². The van der Waals surface area contributed by atoms with Crippen molar-refractivity contribution < 1.29 is 14.0 Å². The highest BCUT2D eigenvalue weighted by atomic mass is 35.5. The number of thioether (sulfide) groups is 1. The molecular formula is C22H19Cl2N3O3S. The van der Waals surface area contributed by atoms with E-state index in [1.165, 1.54) is 11.8 Å². The Labute approximate surface area is 193 Å². The highest BCUT2D eigenvalue weighted by molar-refractivity contribution is 8.01. The number of amides is 2. The molecule has 0 aliphatic carbocycles. The van der Waals surface area contributed by atoms with Gasteiger partial charge in [0.15, 0.2) is 11.5 Å². The molecule has 0 spiro atoms. The number of aromatic nitrogens is 1. The van der Waals surface area contributed by atoms with Crippen LogP contribution in [0.4, 0.5) is 5.69 Å². The summed E-state index contributed by atoms with van der Waals surface area (Å²) in [6.45, 7) is 1.24. The monoisotopic (exact) mass is 475 g/mol. The summed E-state index contributed by atoms with van der Waals surface area (Å²) in [5, 5.41) is 3.61. The standard InChI is InChI=1S/C22H19Cl2N3O3S/c23-13-1-3-17-15(9-13)26-22(30-17)12-5-7-27(8-6-12)20(28)11-19-21(29)25-16-10-14(24)2-4-18(16)31-19/h1-4,9-10,12,19H,5-8,11H2,(H,25,29). The fraction of sp³-hybridized carbons (Fsp3) is 0.318. The number of carbonyl (C=O) groups excluding carboxylic acids is 2. The molecule has 1 fully saturated rings. The molecule has 2 aliphatic heterocycles. The van der Waals surface area contributed by atoms with Crippen LogP contribution in [0.3, 0.4) is 0 Å². The molecule has 5 rings (SSSR count). The van der Waals surface area contributed by atoms with Gasteiger partial charge in [-0.25, -0.2) is 4.98 Å². The van der Waals surface area contributed by atoms with Crippen LogP contribution in [0.2, 0.25) is 10.0 Å². The van der Waals surface area contributed by atoms with E-state index in [2.05, 4.69) is 10.3 Å². The molecule has 0 saturated carbocycles. The van der Waals surface area contributed by atoms with E-state index in [4.69, 9.17) is 27.6 Å². The summed E-state index contributed by atoms with van der Waals surface area (Å²) in [4.78, 5) is 32.7. The predicted molar refractivity (Wildman–Crippen MR) is 122 cm³/mol. The fourth-order valence-corrected chi connectivity index (χ4v) is 5.43. The maximum absolute atomic E-state index is 12.9. The summed E-state index contributed by atoms with van der Waals surface area (Å²) in [5.41, 5.74) is 2.18. The lowest BCUT2D eigenvalue weighted by Gasteiger charge is -2.32. The average molecular weight is 476 g/mol. The number of nitrogens with one attached hydrogen (secondary N) is 1. The van der Waals surface area contributed by atoms with Crippen molar-refractivity contribution in [1.29, 1.82) is 0 Å². The van der Waals surface area contributed by atoms with Gasteiger partial charge < -0.3 is 14.6 Å². The van der Waals surface area contributed by atoms with E-state index >= 15 is 0 Å². The summed E-state index contributed by atoms with van der Waals surface area (Å²) >= 11 is 13.4. The molecule has 31 heavy (non-hydrogen) atoms. The Bertz CT molecular complexity index is 1170. The van der Waals surface area contributed by atoms with Gasteiger partial charge in [-0.15, -0.1) is 11.8 Å². The number of fused-ring (bicyclic) bond motifs is 2. The molecule has 2 aromatic carbocycles. The Morgan fingerprint density at radius 1 is 1.16 bits per heavy atom. The Hall–Kier alpha value is -2.22. The summed E-state index contributed by atoms with van der Waals surface area (Å²) < 4.78 is 5.90. The van der Waals surface area contributed by atoms with Crippen LogP contribution in [0, 0.1) is 0 Å². The third-order valence-electron chi connectivity index (χ3n) is 5.68. The molecule has 1 saturated heterocycles. The van der Waals surface area contributed by atoms with Crippen molar-refractivity contribution in [3.8, 4) is 0 Å². The number of oxazole rings is 1.